The van der Waals surface area contributed by atoms with E-state index < -0.39 is 11.2 Å². The normalized spacial score (nSPS) is 14.2. The van der Waals surface area contributed by atoms with Gasteiger partial charge in [-0.3, -0.25) is 18.7 Å². The topological polar surface area (TPSA) is 97.9 Å². The lowest BCUT2D eigenvalue weighted by atomic mass is 9.97. The third-order valence-electron chi connectivity index (χ3n) is 6.87. The first-order valence-electron chi connectivity index (χ1n) is 11.6. The fourth-order valence-corrected chi connectivity index (χ4v) is 4.86. The Morgan fingerprint density at radius 1 is 1.18 bits per heavy atom. The van der Waals surface area contributed by atoms with Gasteiger partial charge in [0.25, 0.3) is 5.56 Å². The number of carbonyl (C=O) groups is 1. The van der Waals surface area contributed by atoms with E-state index in [4.69, 9.17) is 0 Å². The van der Waals surface area contributed by atoms with E-state index >= 15 is 0 Å². The Morgan fingerprint density at radius 2 is 2.00 bits per heavy atom. The summed E-state index contributed by atoms with van der Waals surface area (Å²) in [5.41, 5.74) is 4.81. The number of hydrogen-bond donors (Lipinski definition) is 1. The number of H-pyrrole nitrogens is 1. The van der Waals surface area contributed by atoms with Gasteiger partial charge in [0.05, 0.1) is 6.33 Å². The SMILES string of the molecule is CCc1cccc2c(C3=CCN(C(=O)CCn4cnc5c4c(=O)n(C)c(=O)n5C)CC3)c[nH]c12. The Morgan fingerprint density at radius 3 is 2.74 bits per heavy atom. The van der Waals surface area contributed by atoms with Crippen molar-refractivity contribution in [2.45, 2.75) is 32.7 Å². The van der Waals surface area contributed by atoms with Crippen LogP contribution in [0.2, 0.25) is 0 Å². The number of benzene rings is 1. The van der Waals surface area contributed by atoms with Crippen LogP contribution in [0.5, 0.6) is 0 Å². The smallest absolute Gasteiger partial charge is 0.332 e. The van der Waals surface area contributed by atoms with Crippen molar-refractivity contribution in [3.8, 4) is 0 Å². The first-order chi connectivity index (χ1) is 16.4. The molecule has 1 N–H and O–H groups in total. The molecule has 0 radical (unpaired) electrons. The number of aromatic amines is 1. The minimum atomic E-state index is -0.421. The number of aryl methyl sites for hydroxylation is 3. The molecular weight excluding hydrogens is 432 g/mol. The van der Waals surface area contributed by atoms with Crippen LogP contribution >= 0.6 is 0 Å². The van der Waals surface area contributed by atoms with Crippen molar-refractivity contribution in [2.24, 2.45) is 14.1 Å². The van der Waals surface area contributed by atoms with Gasteiger partial charge >= 0.3 is 5.69 Å². The zero-order valence-corrected chi connectivity index (χ0v) is 19.7. The number of imidazole rings is 1. The lowest BCUT2D eigenvalue weighted by Gasteiger charge is -2.26. The summed E-state index contributed by atoms with van der Waals surface area (Å²) in [7, 11) is 3.03. The maximum absolute atomic E-state index is 12.9. The highest BCUT2D eigenvalue weighted by Gasteiger charge is 2.21. The quantitative estimate of drug-likeness (QED) is 0.494. The van der Waals surface area contributed by atoms with Crippen LogP contribution in [0.15, 0.2) is 46.4 Å². The number of nitrogens with one attached hydrogen (secondary N) is 1. The molecule has 0 atom stereocenters. The summed E-state index contributed by atoms with van der Waals surface area (Å²) in [6.07, 6.45) is 7.77. The molecule has 4 aromatic rings. The lowest BCUT2D eigenvalue weighted by Crippen LogP contribution is -2.38. The van der Waals surface area contributed by atoms with Gasteiger partial charge in [-0.2, -0.15) is 0 Å². The largest absolute Gasteiger partial charge is 0.360 e. The van der Waals surface area contributed by atoms with E-state index in [1.54, 1.807) is 11.6 Å². The summed E-state index contributed by atoms with van der Waals surface area (Å²) in [6.45, 7) is 3.71. The Bertz CT molecular complexity index is 1570. The van der Waals surface area contributed by atoms with Gasteiger partial charge in [0.1, 0.15) is 0 Å². The van der Waals surface area contributed by atoms with E-state index in [-0.39, 0.29) is 12.3 Å². The molecule has 9 heteroatoms. The molecule has 0 bridgehead atoms. The van der Waals surface area contributed by atoms with Crippen molar-refractivity contribution < 1.29 is 4.79 Å². The Hall–Kier alpha value is -3.88. The molecule has 0 saturated carbocycles. The molecular formula is C25H28N6O3. The Balaban J connectivity index is 1.30. The first kappa shape index (κ1) is 21.9. The second-order valence-electron chi connectivity index (χ2n) is 8.78. The highest BCUT2D eigenvalue weighted by molar-refractivity contribution is 5.94. The molecule has 0 unspecified atom stereocenters. The predicted octanol–water partition coefficient (Wildman–Crippen LogP) is 2.18. The molecule has 34 heavy (non-hydrogen) atoms. The molecule has 3 aromatic heterocycles. The van der Waals surface area contributed by atoms with Crippen LogP contribution in [-0.2, 0) is 31.9 Å². The minimum Gasteiger partial charge on any atom is -0.360 e. The van der Waals surface area contributed by atoms with Crippen molar-refractivity contribution in [1.82, 2.24) is 28.6 Å². The number of hydrogen-bond acceptors (Lipinski definition) is 4. The summed E-state index contributed by atoms with van der Waals surface area (Å²) in [6, 6.07) is 6.40. The van der Waals surface area contributed by atoms with Crippen molar-refractivity contribution in [3.63, 3.8) is 0 Å². The molecule has 1 aliphatic rings. The standard InChI is InChI=1S/C25H28N6O3/c1-4-16-6-5-7-18-19(14-26-21(16)18)17-8-11-30(12-9-17)20(32)10-13-31-15-27-23-22(31)24(33)29(3)25(34)28(23)2/h5-8,14-15,26H,4,9-13H2,1-3H3. The zero-order valence-electron chi connectivity index (χ0n) is 19.7. The van der Waals surface area contributed by atoms with Gasteiger partial charge in [-0.1, -0.05) is 31.2 Å². The molecule has 1 amide bonds. The highest BCUT2D eigenvalue weighted by atomic mass is 16.2. The molecule has 0 spiro atoms. The Labute approximate surface area is 195 Å². The number of amides is 1. The molecule has 0 saturated heterocycles. The van der Waals surface area contributed by atoms with Gasteiger partial charge in [0.15, 0.2) is 11.2 Å². The van der Waals surface area contributed by atoms with Gasteiger partial charge in [-0.25, -0.2) is 9.78 Å². The molecule has 1 aromatic carbocycles. The average Bonchev–Trinajstić information content (AvgIpc) is 3.49. The van der Waals surface area contributed by atoms with E-state index in [9.17, 15) is 14.4 Å². The number of aromatic nitrogens is 5. The van der Waals surface area contributed by atoms with Gasteiger partial charge in [0.2, 0.25) is 5.91 Å². The van der Waals surface area contributed by atoms with Gasteiger partial charge < -0.3 is 14.5 Å². The summed E-state index contributed by atoms with van der Waals surface area (Å²) in [5.74, 6) is 0.0333. The minimum absolute atomic E-state index is 0.0333. The van der Waals surface area contributed by atoms with Gasteiger partial charge in [-0.15, -0.1) is 0 Å². The van der Waals surface area contributed by atoms with Crippen molar-refractivity contribution in [3.05, 3.63) is 68.8 Å². The van der Waals surface area contributed by atoms with Crippen LogP contribution in [0.1, 0.15) is 30.9 Å². The second kappa shape index (κ2) is 8.48. The number of para-hydroxylation sites is 1. The molecule has 176 valence electrons. The summed E-state index contributed by atoms with van der Waals surface area (Å²) in [5, 5.41) is 1.23. The number of nitrogens with zero attached hydrogens (tertiary/aromatic N) is 5. The maximum Gasteiger partial charge on any atom is 0.332 e. The van der Waals surface area contributed by atoms with E-state index in [1.165, 1.54) is 45.5 Å². The van der Waals surface area contributed by atoms with Gasteiger partial charge in [0, 0.05) is 62.8 Å². The first-order valence-corrected chi connectivity index (χ1v) is 11.6. The number of fused-ring (bicyclic) bond motifs is 2. The fraction of sp³-hybridized carbons (Fsp3) is 0.360. The van der Waals surface area contributed by atoms with Crippen molar-refractivity contribution >= 4 is 33.5 Å². The van der Waals surface area contributed by atoms with Crippen molar-refractivity contribution in [2.75, 3.05) is 13.1 Å². The van der Waals surface area contributed by atoms with E-state index in [2.05, 4.69) is 47.4 Å². The fourth-order valence-electron chi connectivity index (χ4n) is 4.86. The zero-order chi connectivity index (χ0) is 24.0. The Kier molecular flexibility index (Phi) is 5.47. The van der Waals surface area contributed by atoms with Crippen LogP contribution in [0.4, 0.5) is 0 Å². The third kappa shape index (κ3) is 3.48. The molecule has 9 nitrogen and oxygen atoms in total. The van der Waals surface area contributed by atoms with Crippen LogP contribution in [-0.4, -0.2) is 47.6 Å². The maximum atomic E-state index is 12.9. The molecule has 1 aliphatic heterocycles. The van der Waals surface area contributed by atoms with Crippen LogP contribution < -0.4 is 11.2 Å². The monoisotopic (exact) mass is 460 g/mol. The highest BCUT2D eigenvalue weighted by Crippen LogP contribution is 2.31. The summed E-state index contributed by atoms with van der Waals surface area (Å²) >= 11 is 0. The molecule has 5 rings (SSSR count). The van der Waals surface area contributed by atoms with E-state index in [0.717, 1.165) is 17.4 Å². The van der Waals surface area contributed by atoms with Crippen LogP contribution in [0.25, 0.3) is 27.6 Å². The molecule has 0 fully saturated rings. The van der Waals surface area contributed by atoms with Crippen LogP contribution in [0, 0.1) is 0 Å². The lowest BCUT2D eigenvalue weighted by molar-refractivity contribution is -0.131. The number of carbonyl (C=O) groups excluding carboxylic acids is 1. The summed E-state index contributed by atoms with van der Waals surface area (Å²) in [4.78, 5) is 47.1. The van der Waals surface area contributed by atoms with E-state index in [0.29, 0.717) is 30.8 Å². The van der Waals surface area contributed by atoms with Crippen LogP contribution in [0.3, 0.4) is 0 Å². The van der Waals surface area contributed by atoms with E-state index in [1.807, 2.05) is 4.90 Å². The predicted molar refractivity (Wildman–Crippen MR) is 132 cm³/mol. The summed E-state index contributed by atoms with van der Waals surface area (Å²) < 4.78 is 4.07. The molecule has 0 aliphatic carbocycles. The third-order valence-corrected chi connectivity index (χ3v) is 6.87. The van der Waals surface area contributed by atoms with Crippen molar-refractivity contribution in [1.29, 1.82) is 0 Å². The second-order valence-corrected chi connectivity index (χ2v) is 8.78. The number of rotatable bonds is 5. The average molecular weight is 461 g/mol. The molecule has 4 heterocycles. The van der Waals surface area contributed by atoms with Gasteiger partial charge in [-0.05, 0) is 24.0 Å².